The van der Waals surface area contributed by atoms with Gasteiger partial charge in [0.05, 0.1) is 30.1 Å². The number of carboxylic acids is 1. The van der Waals surface area contributed by atoms with Crippen LogP contribution in [0.2, 0.25) is 0 Å². The molecule has 2 atom stereocenters. The van der Waals surface area contributed by atoms with E-state index in [9.17, 15) is 13.2 Å². The van der Waals surface area contributed by atoms with Crippen LogP contribution in [0.1, 0.15) is 0 Å². The van der Waals surface area contributed by atoms with Gasteiger partial charge < -0.3 is 9.84 Å². The second-order valence-electron chi connectivity index (χ2n) is 4.28. The lowest BCUT2D eigenvalue weighted by molar-refractivity contribution is -0.142. The maximum atomic E-state index is 12.3. The van der Waals surface area contributed by atoms with Crippen LogP contribution in [-0.4, -0.2) is 38.7 Å². The van der Waals surface area contributed by atoms with Crippen LogP contribution in [0.4, 0.5) is 0 Å². The summed E-state index contributed by atoms with van der Waals surface area (Å²) in [4.78, 5) is 11.1. The lowest BCUT2D eigenvalue weighted by Gasteiger charge is -2.16. The summed E-state index contributed by atoms with van der Waals surface area (Å²) in [5.41, 5.74) is 0. The fourth-order valence-electron chi connectivity index (χ4n) is 1.87. The number of carboxylic acid groups (broad SMARTS) is 1. The molecular formula is C11H11Br2NO5S. The Bertz CT molecular complexity index is 634. The molecule has 1 aromatic carbocycles. The van der Waals surface area contributed by atoms with Crippen LogP contribution in [0.25, 0.3) is 0 Å². The molecule has 110 valence electrons. The monoisotopic (exact) mass is 427 g/mol. The zero-order valence-corrected chi connectivity index (χ0v) is 14.0. The van der Waals surface area contributed by atoms with E-state index in [1.807, 2.05) is 0 Å². The number of sulfonamides is 1. The molecule has 0 saturated carbocycles. The van der Waals surface area contributed by atoms with Gasteiger partial charge in [-0.3, -0.25) is 4.79 Å². The fourth-order valence-corrected chi connectivity index (χ4v) is 4.88. The summed E-state index contributed by atoms with van der Waals surface area (Å²) in [5.74, 6) is -1.95. The van der Waals surface area contributed by atoms with Gasteiger partial charge in [0.1, 0.15) is 0 Å². The Hall–Kier alpha value is -0.480. The summed E-state index contributed by atoms with van der Waals surface area (Å²) in [6.07, 6.45) is 0. The highest BCUT2D eigenvalue weighted by molar-refractivity contribution is 9.11. The van der Waals surface area contributed by atoms with Crippen LogP contribution in [0.5, 0.6) is 0 Å². The number of rotatable bonds is 4. The first-order valence-corrected chi connectivity index (χ1v) is 8.66. The van der Waals surface area contributed by atoms with Crippen LogP contribution >= 0.6 is 31.9 Å². The lowest BCUT2D eigenvalue weighted by atomic mass is 10.1. The molecule has 1 aliphatic heterocycles. The Kier molecular flexibility index (Phi) is 4.85. The molecule has 1 aromatic rings. The average Bonchev–Trinajstić information content (AvgIpc) is 2.75. The van der Waals surface area contributed by atoms with Crippen molar-refractivity contribution in [3.8, 4) is 0 Å². The molecule has 0 aliphatic carbocycles. The average molecular weight is 429 g/mol. The van der Waals surface area contributed by atoms with E-state index in [0.29, 0.717) is 4.47 Å². The first-order chi connectivity index (χ1) is 9.31. The van der Waals surface area contributed by atoms with E-state index in [2.05, 4.69) is 36.6 Å². The number of benzene rings is 1. The third kappa shape index (κ3) is 3.40. The molecule has 1 saturated heterocycles. The molecule has 0 spiro atoms. The van der Waals surface area contributed by atoms with Gasteiger partial charge >= 0.3 is 5.97 Å². The number of hydrogen-bond donors (Lipinski definition) is 2. The largest absolute Gasteiger partial charge is 0.481 e. The molecule has 6 nitrogen and oxygen atoms in total. The van der Waals surface area contributed by atoms with Crippen LogP contribution in [-0.2, 0) is 19.6 Å². The van der Waals surface area contributed by atoms with Crippen molar-refractivity contribution >= 4 is 47.9 Å². The van der Waals surface area contributed by atoms with E-state index in [0.717, 1.165) is 4.47 Å². The van der Waals surface area contributed by atoms with Crippen molar-refractivity contribution < 1.29 is 23.1 Å². The van der Waals surface area contributed by atoms with Crippen molar-refractivity contribution in [2.45, 2.75) is 10.9 Å². The normalized spacial score (nSPS) is 22.9. The highest BCUT2D eigenvalue weighted by atomic mass is 79.9. The number of carbonyl (C=O) groups is 1. The predicted octanol–water partition coefficient (Wildman–Crippen LogP) is 1.59. The molecule has 2 N–H and O–H groups in total. The second kappa shape index (κ2) is 6.10. The highest BCUT2D eigenvalue weighted by Crippen LogP contribution is 2.26. The summed E-state index contributed by atoms with van der Waals surface area (Å²) >= 11 is 6.42. The van der Waals surface area contributed by atoms with Crippen molar-refractivity contribution in [3.63, 3.8) is 0 Å². The molecule has 0 amide bonds. The zero-order valence-electron chi connectivity index (χ0n) is 10.0. The van der Waals surface area contributed by atoms with Gasteiger partial charge in [0.2, 0.25) is 10.0 Å². The molecule has 0 bridgehead atoms. The van der Waals surface area contributed by atoms with E-state index < -0.39 is 28.0 Å². The summed E-state index contributed by atoms with van der Waals surface area (Å²) in [6.45, 7) is 0.0500. The third-order valence-electron chi connectivity index (χ3n) is 2.89. The molecule has 1 aliphatic rings. The number of ether oxygens (including phenoxy) is 1. The molecule has 1 heterocycles. The minimum absolute atomic E-state index is 0.00400. The first kappa shape index (κ1) is 15.9. The summed E-state index contributed by atoms with van der Waals surface area (Å²) in [5, 5.41) is 9.01. The zero-order chi connectivity index (χ0) is 14.9. The number of halogens is 2. The molecule has 2 rings (SSSR count). The van der Waals surface area contributed by atoms with Gasteiger partial charge in [0.15, 0.2) is 0 Å². The predicted molar refractivity (Wildman–Crippen MR) is 77.9 cm³/mol. The molecule has 0 radical (unpaired) electrons. The standard InChI is InChI=1S/C11H11Br2NO5S/c12-6-1-2-10(8(13)3-6)20(17,18)14-9-5-19-4-7(9)11(15)16/h1-3,7,9,14H,4-5H2,(H,15,16). The van der Waals surface area contributed by atoms with Gasteiger partial charge in [0.25, 0.3) is 0 Å². The van der Waals surface area contributed by atoms with Gasteiger partial charge in [-0.15, -0.1) is 0 Å². The Labute approximate surface area is 132 Å². The van der Waals surface area contributed by atoms with Crippen molar-refractivity contribution in [3.05, 3.63) is 27.1 Å². The Morgan fingerprint density at radius 2 is 2.05 bits per heavy atom. The fraction of sp³-hybridized carbons (Fsp3) is 0.364. The maximum Gasteiger partial charge on any atom is 0.310 e. The van der Waals surface area contributed by atoms with Crippen LogP contribution in [0, 0.1) is 5.92 Å². The summed E-state index contributed by atoms with van der Waals surface area (Å²) in [6, 6.07) is 3.86. The molecular weight excluding hydrogens is 418 g/mol. The van der Waals surface area contributed by atoms with E-state index in [-0.39, 0.29) is 18.1 Å². The number of aliphatic carboxylic acids is 1. The van der Waals surface area contributed by atoms with Crippen molar-refractivity contribution in [1.82, 2.24) is 4.72 Å². The second-order valence-corrected chi connectivity index (χ2v) is 7.74. The Balaban J connectivity index is 2.25. The first-order valence-electron chi connectivity index (χ1n) is 5.59. The molecule has 1 fully saturated rings. The van der Waals surface area contributed by atoms with Gasteiger partial charge in [-0.2, -0.15) is 0 Å². The van der Waals surface area contributed by atoms with E-state index >= 15 is 0 Å². The Morgan fingerprint density at radius 1 is 1.35 bits per heavy atom. The van der Waals surface area contributed by atoms with Crippen molar-refractivity contribution in [2.24, 2.45) is 5.92 Å². The Morgan fingerprint density at radius 3 is 2.65 bits per heavy atom. The topological polar surface area (TPSA) is 92.7 Å². The lowest BCUT2D eigenvalue weighted by Crippen LogP contribution is -2.42. The van der Waals surface area contributed by atoms with Gasteiger partial charge in [0, 0.05) is 8.95 Å². The minimum Gasteiger partial charge on any atom is -0.481 e. The smallest absolute Gasteiger partial charge is 0.310 e. The van der Waals surface area contributed by atoms with Crippen LogP contribution in [0.3, 0.4) is 0 Å². The summed E-state index contributed by atoms with van der Waals surface area (Å²) in [7, 11) is -3.82. The molecule has 2 unspecified atom stereocenters. The molecule has 20 heavy (non-hydrogen) atoms. The highest BCUT2D eigenvalue weighted by Gasteiger charge is 2.37. The van der Waals surface area contributed by atoms with E-state index in [1.54, 1.807) is 12.1 Å². The molecule has 9 heteroatoms. The van der Waals surface area contributed by atoms with E-state index in [1.165, 1.54) is 6.07 Å². The van der Waals surface area contributed by atoms with Gasteiger partial charge in [-0.05, 0) is 34.1 Å². The van der Waals surface area contributed by atoms with Crippen LogP contribution in [0.15, 0.2) is 32.0 Å². The third-order valence-corrected chi connectivity index (χ3v) is 5.85. The van der Waals surface area contributed by atoms with Crippen molar-refractivity contribution in [1.29, 1.82) is 0 Å². The van der Waals surface area contributed by atoms with E-state index in [4.69, 9.17) is 9.84 Å². The number of hydrogen-bond acceptors (Lipinski definition) is 4. The minimum atomic E-state index is -3.82. The maximum absolute atomic E-state index is 12.3. The van der Waals surface area contributed by atoms with Crippen LogP contribution < -0.4 is 4.72 Å². The van der Waals surface area contributed by atoms with Gasteiger partial charge in [-0.1, -0.05) is 15.9 Å². The molecule has 0 aromatic heterocycles. The number of nitrogens with one attached hydrogen (secondary N) is 1. The quantitative estimate of drug-likeness (QED) is 0.759. The van der Waals surface area contributed by atoms with Gasteiger partial charge in [-0.25, -0.2) is 13.1 Å². The van der Waals surface area contributed by atoms with Crippen molar-refractivity contribution in [2.75, 3.05) is 13.2 Å². The SMILES string of the molecule is O=C(O)C1COCC1NS(=O)(=O)c1ccc(Br)cc1Br. The summed E-state index contributed by atoms with van der Waals surface area (Å²) < 4.78 is 33.1.